The van der Waals surface area contributed by atoms with Crippen molar-refractivity contribution < 1.29 is 9.59 Å². The highest BCUT2D eigenvalue weighted by molar-refractivity contribution is 6.33. The first-order valence-corrected chi connectivity index (χ1v) is 12.5. The molecule has 1 fully saturated rings. The Hall–Kier alpha value is -3.44. The highest BCUT2D eigenvalue weighted by atomic mass is 35.5. The highest BCUT2D eigenvalue weighted by Gasteiger charge is 2.46. The van der Waals surface area contributed by atoms with Gasteiger partial charge in [0.2, 0.25) is 11.6 Å². The molecule has 1 saturated carbocycles. The molecule has 180 valence electrons. The van der Waals surface area contributed by atoms with Crippen molar-refractivity contribution in [2.45, 2.75) is 51.0 Å². The Morgan fingerprint density at radius 1 is 1.20 bits per heavy atom. The van der Waals surface area contributed by atoms with E-state index in [1.54, 1.807) is 12.1 Å². The van der Waals surface area contributed by atoms with Gasteiger partial charge in [0.15, 0.2) is 0 Å². The van der Waals surface area contributed by atoms with E-state index in [1.807, 2.05) is 18.2 Å². The first-order valence-electron chi connectivity index (χ1n) is 12.1. The molecule has 2 atom stereocenters. The van der Waals surface area contributed by atoms with Crippen LogP contribution in [0.2, 0.25) is 5.02 Å². The summed E-state index contributed by atoms with van der Waals surface area (Å²) < 4.78 is 0. The van der Waals surface area contributed by atoms with Gasteiger partial charge >= 0.3 is 0 Å². The predicted octanol–water partition coefficient (Wildman–Crippen LogP) is 4.24. The number of nitrogens with two attached hydrogens (primary N) is 1. The van der Waals surface area contributed by atoms with Crippen LogP contribution in [0.5, 0.6) is 0 Å². The van der Waals surface area contributed by atoms with Crippen molar-refractivity contribution in [3.05, 3.63) is 63.7 Å². The number of nitrogens with one attached hydrogen (secondary N) is 1. The number of anilines is 1. The number of benzene rings is 1. The number of fused-ring (bicyclic) bond motifs is 3. The van der Waals surface area contributed by atoms with Crippen LogP contribution in [0.15, 0.2) is 35.4 Å². The van der Waals surface area contributed by atoms with Gasteiger partial charge in [-0.15, -0.1) is 0 Å². The molecule has 0 radical (unpaired) electrons. The Morgan fingerprint density at radius 3 is 2.71 bits per heavy atom. The minimum atomic E-state index is -0.458. The summed E-state index contributed by atoms with van der Waals surface area (Å²) in [6.07, 6.45) is 6.62. The molecule has 3 aliphatic rings. The van der Waals surface area contributed by atoms with E-state index in [-0.39, 0.29) is 30.8 Å². The predicted molar refractivity (Wildman–Crippen MR) is 135 cm³/mol. The first-order chi connectivity index (χ1) is 17.0. The maximum absolute atomic E-state index is 12.5. The molecule has 0 bridgehead atoms. The van der Waals surface area contributed by atoms with E-state index in [0.29, 0.717) is 22.3 Å². The average molecular weight is 491 g/mol. The van der Waals surface area contributed by atoms with Crippen molar-refractivity contribution in [1.29, 1.82) is 0 Å². The fraction of sp³-hybridized carbons (Fsp3) is 0.423. The number of hydrogen-bond donors (Lipinski definition) is 2. The Morgan fingerprint density at radius 2 is 2.00 bits per heavy atom. The highest BCUT2D eigenvalue weighted by Crippen LogP contribution is 2.45. The normalized spacial score (nSPS) is 21.1. The number of carbonyl (C=O) groups excluding carboxylic acids is 2. The monoisotopic (exact) mass is 490 g/mol. The van der Waals surface area contributed by atoms with E-state index >= 15 is 0 Å². The maximum atomic E-state index is 12.5. The number of hydrazone groups is 1. The molecule has 0 spiro atoms. The minimum absolute atomic E-state index is 0.0917. The van der Waals surface area contributed by atoms with Gasteiger partial charge in [0.05, 0.1) is 29.7 Å². The number of hydrogen-bond acceptors (Lipinski definition) is 5. The van der Waals surface area contributed by atoms with Crippen molar-refractivity contribution >= 4 is 40.5 Å². The molecular formula is C26H27ClN6O2. The lowest BCUT2D eigenvalue weighted by atomic mass is 9.76. The molecule has 1 aliphatic heterocycles. The molecule has 2 amide bonds. The van der Waals surface area contributed by atoms with Gasteiger partial charge in [0.1, 0.15) is 5.69 Å². The number of amides is 2. The van der Waals surface area contributed by atoms with Gasteiger partial charge in [-0.1, -0.05) is 30.5 Å². The fourth-order valence-corrected chi connectivity index (χ4v) is 5.89. The van der Waals surface area contributed by atoms with Crippen molar-refractivity contribution in [2.24, 2.45) is 22.7 Å². The summed E-state index contributed by atoms with van der Waals surface area (Å²) in [5.41, 5.74) is 9.70. The largest absolute Gasteiger partial charge is 0.370 e. The zero-order chi connectivity index (χ0) is 24.5. The molecule has 2 aliphatic carbocycles. The van der Waals surface area contributed by atoms with E-state index in [4.69, 9.17) is 29.0 Å². The molecule has 5 rings (SSSR count). The molecule has 8 nitrogen and oxygen atoms in total. The number of aryl methyl sites for hydroxylation is 1. The van der Waals surface area contributed by atoms with Crippen molar-refractivity contribution in [3.63, 3.8) is 0 Å². The molecular weight excluding hydrogens is 464 g/mol. The molecule has 9 heteroatoms. The molecule has 1 aromatic heterocycles. The summed E-state index contributed by atoms with van der Waals surface area (Å²) in [5, 5.41) is 10.4. The minimum Gasteiger partial charge on any atom is -0.370 e. The Kier molecular flexibility index (Phi) is 6.44. The van der Waals surface area contributed by atoms with E-state index in [1.165, 1.54) is 25.7 Å². The van der Waals surface area contributed by atoms with Gasteiger partial charge in [-0.3, -0.25) is 14.6 Å². The Labute approximate surface area is 209 Å². The zero-order valence-corrected chi connectivity index (χ0v) is 20.1. The molecule has 2 unspecified atom stereocenters. The molecule has 35 heavy (non-hydrogen) atoms. The number of carbonyl (C=O) groups is 2. The third kappa shape index (κ3) is 4.48. The summed E-state index contributed by atoms with van der Waals surface area (Å²) in [6, 6.07) is 9.45. The Balaban J connectivity index is 1.46. The summed E-state index contributed by atoms with van der Waals surface area (Å²) in [5.74, 6) is 0.0530. The second-order valence-electron chi connectivity index (χ2n) is 9.42. The van der Waals surface area contributed by atoms with E-state index in [0.717, 1.165) is 35.5 Å². The third-order valence-corrected chi connectivity index (χ3v) is 7.60. The van der Waals surface area contributed by atoms with Gasteiger partial charge in [-0.05, 0) is 55.9 Å². The van der Waals surface area contributed by atoms with Crippen LogP contribution in [0.25, 0.3) is 4.85 Å². The summed E-state index contributed by atoms with van der Waals surface area (Å²) in [7, 11) is 0. The molecule has 1 aromatic carbocycles. The van der Waals surface area contributed by atoms with Gasteiger partial charge in [0, 0.05) is 29.5 Å². The van der Waals surface area contributed by atoms with E-state index in [2.05, 4.69) is 20.2 Å². The molecule has 0 saturated heterocycles. The quantitative estimate of drug-likeness (QED) is 0.591. The topological polar surface area (TPSA) is 105 Å². The second kappa shape index (κ2) is 9.67. The van der Waals surface area contributed by atoms with Gasteiger partial charge in [-0.2, -0.15) is 5.10 Å². The van der Waals surface area contributed by atoms with Crippen LogP contribution in [0.1, 0.15) is 60.3 Å². The van der Waals surface area contributed by atoms with Crippen molar-refractivity contribution in [2.75, 3.05) is 11.6 Å². The van der Waals surface area contributed by atoms with Crippen LogP contribution >= 0.6 is 11.6 Å². The lowest BCUT2D eigenvalue weighted by Crippen LogP contribution is -2.40. The average Bonchev–Trinajstić information content (AvgIpc) is 3.51. The SMILES string of the molecule is [C-]#[N+]c1ccc(N2N=C3c4ccc(C(=O)NCCC(N)=O)nc4CCC3C2C2CCCC2)cc1Cl. The van der Waals surface area contributed by atoms with E-state index in [9.17, 15) is 9.59 Å². The third-order valence-electron chi connectivity index (χ3n) is 7.29. The van der Waals surface area contributed by atoms with Crippen molar-refractivity contribution in [1.82, 2.24) is 10.3 Å². The van der Waals surface area contributed by atoms with Crippen LogP contribution in [0.4, 0.5) is 11.4 Å². The maximum Gasteiger partial charge on any atom is 0.269 e. The lowest BCUT2D eigenvalue weighted by molar-refractivity contribution is -0.117. The number of nitrogens with zero attached hydrogens (tertiary/aromatic N) is 4. The van der Waals surface area contributed by atoms with Crippen LogP contribution in [0, 0.1) is 18.4 Å². The fourth-order valence-electron chi connectivity index (χ4n) is 5.67. The standard InChI is InChI=1S/C26H27ClN6O2/c1-29-21-9-6-16(14-19(21)27)33-25(15-4-2-3-5-15)18-8-10-20-17(24(18)32-33)7-11-22(31-20)26(35)30-13-12-23(28)34/h6-7,9,11,14-15,18,25H,2-5,8,10,12-13H2,(H2,28,34)(H,30,35). The summed E-state index contributed by atoms with van der Waals surface area (Å²) in [4.78, 5) is 31.6. The molecule has 3 N–H and O–H groups in total. The number of halogens is 1. The number of aromatic nitrogens is 1. The zero-order valence-electron chi connectivity index (χ0n) is 19.3. The van der Waals surface area contributed by atoms with Gasteiger partial charge in [-0.25, -0.2) is 9.83 Å². The number of rotatable bonds is 6. The number of primary amides is 1. The lowest BCUT2D eigenvalue weighted by Gasteiger charge is -2.34. The summed E-state index contributed by atoms with van der Waals surface area (Å²) in [6.45, 7) is 7.49. The van der Waals surface area contributed by atoms with E-state index < -0.39 is 5.91 Å². The molecule has 2 heterocycles. The smallest absolute Gasteiger partial charge is 0.269 e. The van der Waals surface area contributed by atoms with Gasteiger partial charge < -0.3 is 11.1 Å². The Bertz CT molecular complexity index is 1250. The van der Waals surface area contributed by atoms with Crippen LogP contribution in [0.3, 0.4) is 0 Å². The van der Waals surface area contributed by atoms with Crippen LogP contribution in [-0.2, 0) is 11.2 Å². The first kappa shape index (κ1) is 23.3. The molecule has 2 aromatic rings. The summed E-state index contributed by atoms with van der Waals surface area (Å²) >= 11 is 6.39. The van der Waals surface area contributed by atoms with Gasteiger partial charge in [0.25, 0.3) is 5.91 Å². The van der Waals surface area contributed by atoms with Crippen LogP contribution in [-0.4, -0.2) is 35.1 Å². The van der Waals surface area contributed by atoms with Crippen LogP contribution < -0.4 is 16.1 Å². The van der Waals surface area contributed by atoms with Crippen molar-refractivity contribution in [3.8, 4) is 0 Å². The second-order valence-corrected chi connectivity index (χ2v) is 9.83. The number of pyridine rings is 1.